The van der Waals surface area contributed by atoms with Crippen LogP contribution < -0.4 is 11.1 Å². The third-order valence-electron chi connectivity index (χ3n) is 1.02. The lowest BCUT2D eigenvalue weighted by atomic mass is 10.1. The highest BCUT2D eigenvalue weighted by Gasteiger charge is 2.18. The number of nitrogens with two attached hydrogens (primary N) is 1. The summed E-state index contributed by atoms with van der Waals surface area (Å²) in [5.74, 6) is -0.417. The fraction of sp³-hybridized carbons (Fsp3) is 0.857. The number of carbonyl (C=O) groups is 1. The number of nitrogens with one attached hydrogen (secondary N) is 1. The quantitative estimate of drug-likeness (QED) is 0.496. The summed E-state index contributed by atoms with van der Waals surface area (Å²) >= 11 is 0. The number of hydrogen-bond donors (Lipinski definition) is 3. The van der Waals surface area contributed by atoms with Crippen molar-refractivity contribution in [3.63, 3.8) is 0 Å². The molecule has 1 atom stereocenters. The lowest BCUT2D eigenvalue weighted by Crippen LogP contribution is -2.47. The van der Waals surface area contributed by atoms with E-state index in [-0.39, 0.29) is 12.1 Å². The summed E-state index contributed by atoms with van der Waals surface area (Å²) in [4.78, 5) is 10.9. The molecule has 0 saturated carbocycles. The van der Waals surface area contributed by atoms with Crippen LogP contribution in [0.25, 0.3) is 0 Å². The van der Waals surface area contributed by atoms with Gasteiger partial charge in [-0.3, -0.25) is 4.79 Å². The second-order valence-corrected chi connectivity index (χ2v) is 3.49. The SMILES string of the molecule is CC(C)(C)NC(=O)C(O)CN. The molecule has 0 aromatic rings. The normalized spacial score (nSPS) is 14.3. The van der Waals surface area contributed by atoms with Crippen LogP contribution in [0.1, 0.15) is 20.8 Å². The largest absolute Gasteiger partial charge is 0.382 e. The Morgan fingerprint density at radius 1 is 1.64 bits per heavy atom. The minimum atomic E-state index is -1.09. The molecule has 0 spiro atoms. The molecule has 0 saturated heterocycles. The number of aliphatic hydroxyl groups excluding tert-OH is 1. The van der Waals surface area contributed by atoms with Gasteiger partial charge >= 0.3 is 0 Å². The molecule has 0 fully saturated rings. The Balaban J connectivity index is 3.88. The lowest BCUT2D eigenvalue weighted by Gasteiger charge is -2.21. The molecule has 11 heavy (non-hydrogen) atoms. The van der Waals surface area contributed by atoms with Crippen molar-refractivity contribution in [1.82, 2.24) is 5.32 Å². The van der Waals surface area contributed by atoms with Crippen LogP contribution in [-0.2, 0) is 4.79 Å². The van der Waals surface area contributed by atoms with Crippen molar-refractivity contribution in [2.45, 2.75) is 32.4 Å². The average molecular weight is 160 g/mol. The first-order valence-electron chi connectivity index (χ1n) is 3.57. The molecule has 4 N–H and O–H groups in total. The van der Waals surface area contributed by atoms with Gasteiger partial charge in [0, 0.05) is 12.1 Å². The molecule has 0 bridgehead atoms. The van der Waals surface area contributed by atoms with Crippen molar-refractivity contribution < 1.29 is 9.90 Å². The van der Waals surface area contributed by atoms with Gasteiger partial charge in [0.2, 0.25) is 0 Å². The number of rotatable bonds is 2. The fourth-order valence-corrected chi connectivity index (χ4v) is 0.560. The molecule has 0 aromatic heterocycles. The highest BCUT2D eigenvalue weighted by Crippen LogP contribution is 1.98. The maximum absolute atomic E-state index is 10.9. The highest BCUT2D eigenvalue weighted by atomic mass is 16.3. The second-order valence-electron chi connectivity index (χ2n) is 3.49. The first kappa shape index (κ1) is 10.4. The molecule has 0 aliphatic carbocycles. The summed E-state index contributed by atoms with van der Waals surface area (Å²) in [6.07, 6.45) is -1.09. The van der Waals surface area contributed by atoms with E-state index in [1.54, 1.807) is 0 Å². The van der Waals surface area contributed by atoms with E-state index < -0.39 is 12.0 Å². The molecule has 4 nitrogen and oxygen atoms in total. The van der Waals surface area contributed by atoms with Gasteiger partial charge in [-0.15, -0.1) is 0 Å². The van der Waals surface area contributed by atoms with Gasteiger partial charge in [0.15, 0.2) is 0 Å². The molecule has 66 valence electrons. The third-order valence-corrected chi connectivity index (χ3v) is 1.02. The molecular weight excluding hydrogens is 144 g/mol. The Morgan fingerprint density at radius 3 is 2.36 bits per heavy atom. The third kappa shape index (κ3) is 4.75. The zero-order chi connectivity index (χ0) is 9.07. The highest BCUT2D eigenvalue weighted by molar-refractivity contribution is 5.81. The molecule has 1 unspecified atom stereocenters. The molecule has 0 heterocycles. The number of carbonyl (C=O) groups excluding carboxylic acids is 1. The predicted molar refractivity (Wildman–Crippen MR) is 43.0 cm³/mol. The first-order chi connectivity index (χ1) is 4.87. The van der Waals surface area contributed by atoms with E-state index in [0.29, 0.717) is 0 Å². The van der Waals surface area contributed by atoms with Crippen LogP contribution in [0, 0.1) is 0 Å². The first-order valence-corrected chi connectivity index (χ1v) is 3.57. The summed E-state index contributed by atoms with van der Waals surface area (Å²) in [5.41, 5.74) is 4.77. The Bertz CT molecular complexity index is 140. The van der Waals surface area contributed by atoms with Gasteiger partial charge in [-0.2, -0.15) is 0 Å². The van der Waals surface area contributed by atoms with E-state index in [1.807, 2.05) is 20.8 Å². The van der Waals surface area contributed by atoms with Gasteiger partial charge < -0.3 is 16.2 Å². The topological polar surface area (TPSA) is 75.3 Å². The minimum absolute atomic E-state index is 0.0398. The van der Waals surface area contributed by atoms with Gasteiger partial charge in [-0.1, -0.05) is 0 Å². The zero-order valence-electron chi connectivity index (χ0n) is 7.22. The molecule has 0 aliphatic rings. The van der Waals surface area contributed by atoms with Crippen molar-refractivity contribution in [3.05, 3.63) is 0 Å². The van der Waals surface area contributed by atoms with Gasteiger partial charge in [0.25, 0.3) is 5.91 Å². The summed E-state index contributed by atoms with van der Waals surface area (Å²) < 4.78 is 0. The van der Waals surface area contributed by atoms with Crippen LogP contribution >= 0.6 is 0 Å². The van der Waals surface area contributed by atoms with Crippen molar-refractivity contribution in [2.75, 3.05) is 6.54 Å². The van der Waals surface area contributed by atoms with Crippen molar-refractivity contribution in [2.24, 2.45) is 5.73 Å². The Kier molecular flexibility index (Phi) is 3.48. The molecule has 1 amide bonds. The molecule has 0 aromatic carbocycles. The Labute approximate surface area is 66.8 Å². The predicted octanol–water partition coefficient (Wildman–Crippen LogP) is -0.779. The standard InChI is InChI=1S/C7H16N2O2/c1-7(2,3)9-6(11)5(10)4-8/h5,10H,4,8H2,1-3H3,(H,9,11). The van der Waals surface area contributed by atoms with E-state index in [9.17, 15) is 4.79 Å². The monoisotopic (exact) mass is 160 g/mol. The van der Waals surface area contributed by atoms with Crippen molar-refractivity contribution in [1.29, 1.82) is 0 Å². The second kappa shape index (κ2) is 3.69. The van der Waals surface area contributed by atoms with Crippen LogP contribution in [0.15, 0.2) is 0 Å². The summed E-state index contributed by atoms with van der Waals surface area (Å²) in [5, 5.41) is 11.6. The molecule has 4 heteroatoms. The number of hydrogen-bond acceptors (Lipinski definition) is 3. The van der Waals surface area contributed by atoms with E-state index in [0.717, 1.165) is 0 Å². The molecule has 0 aliphatic heterocycles. The van der Waals surface area contributed by atoms with Gasteiger partial charge in [0.05, 0.1) is 0 Å². The molecular formula is C7H16N2O2. The molecule has 0 rings (SSSR count). The van der Waals surface area contributed by atoms with Crippen LogP contribution in [0.2, 0.25) is 0 Å². The minimum Gasteiger partial charge on any atom is -0.382 e. The fourth-order valence-electron chi connectivity index (χ4n) is 0.560. The van der Waals surface area contributed by atoms with Gasteiger partial charge in [-0.25, -0.2) is 0 Å². The van der Waals surface area contributed by atoms with E-state index in [2.05, 4.69) is 5.32 Å². The van der Waals surface area contributed by atoms with Gasteiger partial charge in [0.1, 0.15) is 6.10 Å². The van der Waals surface area contributed by atoms with E-state index in [4.69, 9.17) is 10.8 Å². The van der Waals surface area contributed by atoms with Crippen LogP contribution in [0.4, 0.5) is 0 Å². The lowest BCUT2D eigenvalue weighted by molar-refractivity contribution is -0.130. The zero-order valence-corrected chi connectivity index (χ0v) is 7.22. The van der Waals surface area contributed by atoms with E-state index in [1.165, 1.54) is 0 Å². The Morgan fingerprint density at radius 2 is 2.09 bits per heavy atom. The van der Waals surface area contributed by atoms with E-state index >= 15 is 0 Å². The maximum atomic E-state index is 10.9. The summed E-state index contributed by atoms with van der Waals surface area (Å²) in [6.45, 7) is 5.48. The summed E-state index contributed by atoms with van der Waals surface area (Å²) in [7, 11) is 0. The van der Waals surface area contributed by atoms with Crippen LogP contribution in [-0.4, -0.2) is 29.2 Å². The average Bonchev–Trinajstić information content (AvgIpc) is 1.82. The Hall–Kier alpha value is -0.610. The maximum Gasteiger partial charge on any atom is 0.250 e. The van der Waals surface area contributed by atoms with Gasteiger partial charge in [-0.05, 0) is 20.8 Å². The number of amides is 1. The number of aliphatic hydroxyl groups is 1. The van der Waals surface area contributed by atoms with Crippen LogP contribution in [0.3, 0.4) is 0 Å². The smallest absolute Gasteiger partial charge is 0.250 e. The van der Waals surface area contributed by atoms with Crippen molar-refractivity contribution in [3.8, 4) is 0 Å². The van der Waals surface area contributed by atoms with Crippen LogP contribution in [0.5, 0.6) is 0 Å². The van der Waals surface area contributed by atoms with Crippen molar-refractivity contribution >= 4 is 5.91 Å². The molecule has 0 radical (unpaired) electrons. The summed E-state index contributed by atoms with van der Waals surface area (Å²) in [6, 6.07) is 0.